The molecule has 0 bridgehead atoms. The minimum Gasteiger partial charge on any atom is -0.465 e. The summed E-state index contributed by atoms with van der Waals surface area (Å²) >= 11 is 0. The molecule has 0 fully saturated rings. The summed E-state index contributed by atoms with van der Waals surface area (Å²) in [5, 5.41) is 20.3. The van der Waals surface area contributed by atoms with Crippen LogP contribution in [0, 0.1) is 0 Å². The van der Waals surface area contributed by atoms with Gasteiger partial charge in [0, 0.05) is 24.9 Å². The molecule has 216 valence electrons. The lowest BCUT2D eigenvalue weighted by Gasteiger charge is -2.22. The molecule has 3 amide bonds. The van der Waals surface area contributed by atoms with Gasteiger partial charge in [-0.2, -0.15) is 0 Å². The maximum atomic E-state index is 13.3. The largest absolute Gasteiger partial charge is 0.465 e. The van der Waals surface area contributed by atoms with Gasteiger partial charge in [0.2, 0.25) is 11.8 Å². The van der Waals surface area contributed by atoms with Gasteiger partial charge in [-0.3, -0.25) is 14.9 Å². The number of benzene rings is 3. The van der Waals surface area contributed by atoms with Crippen LogP contribution in [0.3, 0.4) is 0 Å². The van der Waals surface area contributed by atoms with Crippen molar-refractivity contribution in [3.8, 4) is 0 Å². The van der Waals surface area contributed by atoms with Crippen molar-refractivity contribution in [2.45, 2.75) is 32.2 Å². The van der Waals surface area contributed by atoms with E-state index >= 15 is 0 Å². The van der Waals surface area contributed by atoms with Crippen molar-refractivity contribution in [3.05, 3.63) is 95.6 Å². The van der Waals surface area contributed by atoms with Crippen LogP contribution in [0.25, 0.3) is 6.08 Å². The minimum atomic E-state index is -1.22. The first kappa shape index (κ1) is 31.1. The molecule has 3 aromatic carbocycles. The second-order valence-corrected chi connectivity index (χ2v) is 11.0. The lowest BCUT2D eigenvalue weighted by atomic mass is 9.87. The van der Waals surface area contributed by atoms with Gasteiger partial charge in [0.05, 0.1) is 11.4 Å². The van der Waals surface area contributed by atoms with Gasteiger partial charge in [-0.1, -0.05) is 69.3 Å². The van der Waals surface area contributed by atoms with E-state index in [2.05, 4.69) is 42.0 Å². The number of anilines is 3. The molecule has 0 aliphatic rings. The van der Waals surface area contributed by atoms with Crippen LogP contribution < -0.4 is 21.3 Å². The van der Waals surface area contributed by atoms with Crippen molar-refractivity contribution in [1.82, 2.24) is 10.2 Å². The zero-order valence-electron chi connectivity index (χ0n) is 24.2. The van der Waals surface area contributed by atoms with Gasteiger partial charge in [0.1, 0.15) is 6.04 Å². The number of amides is 3. The number of nitrogens with one attached hydrogen (secondary N) is 4. The van der Waals surface area contributed by atoms with Crippen LogP contribution in [0.15, 0.2) is 78.9 Å². The Hall–Kier alpha value is -4.47. The third-order valence-electron chi connectivity index (χ3n) is 6.31. The summed E-state index contributed by atoms with van der Waals surface area (Å²) in [4.78, 5) is 38.8. The first-order valence-corrected chi connectivity index (χ1v) is 13.4. The van der Waals surface area contributed by atoms with Gasteiger partial charge in [0.15, 0.2) is 0 Å². The van der Waals surface area contributed by atoms with Crippen LogP contribution in [-0.4, -0.2) is 55.1 Å². The Morgan fingerprint density at radius 3 is 2.02 bits per heavy atom. The van der Waals surface area contributed by atoms with E-state index in [1.165, 1.54) is 11.6 Å². The number of rotatable bonds is 11. The molecule has 0 aliphatic heterocycles. The average Bonchev–Trinajstić information content (AvgIpc) is 2.91. The minimum absolute atomic E-state index is 0.0255. The van der Waals surface area contributed by atoms with Gasteiger partial charge < -0.3 is 26.0 Å². The SMILES string of the molecule is CN(C)CCNC(C(=O)Nc1ccc(C(C)(C)C)cc1)c1ccc(/C=C/C(=O)Nc2ccccc2NC(=O)O)cc1. The molecule has 5 N–H and O–H groups in total. The Kier molecular flexibility index (Phi) is 10.8. The number of hydrogen-bond donors (Lipinski definition) is 5. The monoisotopic (exact) mass is 557 g/mol. The second kappa shape index (κ2) is 14.2. The molecule has 9 nitrogen and oxygen atoms in total. The van der Waals surface area contributed by atoms with Crippen LogP contribution in [-0.2, 0) is 15.0 Å². The van der Waals surface area contributed by atoms with E-state index in [0.717, 1.165) is 23.4 Å². The highest BCUT2D eigenvalue weighted by Gasteiger charge is 2.21. The highest BCUT2D eigenvalue weighted by atomic mass is 16.4. The predicted octanol–water partition coefficient (Wildman–Crippen LogP) is 5.56. The van der Waals surface area contributed by atoms with Gasteiger partial charge in [-0.05, 0) is 66.5 Å². The van der Waals surface area contributed by atoms with Gasteiger partial charge in [-0.15, -0.1) is 0 Å². The van der Waals surface area contributed by atoms with Crippen molar-refractivity contribution in [3.63, 3.8) is 0 Å². The molecule has 3 rings (SSSR count). The van der Waals surface area contributed by atoms with E-state index in [9.17, 15) is 14.4 Å². The molecule has 1 atom stereocenters. The smallest absolute Gasteiger partial charge is 0.409 e. The first-order chi connectivity index (χ1) is 19.4. The van der Waals surface area contributed by atoms with Crippen molar-refractivity contribution in [2.24, 2.45) is 0 Å². The topological polar surface area (TPSA) is 123 Å². The molecule has 9 heteroatoms. The summed E-state index contributed by atoms with van der Waals surface area (Å²) in [6.07, 6.45) is 1.80. The van der Waals surface area contributed by atoms with Crippen LogP contribution in [0.5, 0.6) is 0 Å². The van der Waals surface area contributed by atoms with Gasteiger partial charge in [-0.25, -0.2) is 4.79 Å². The number of nitrogens with zero attached hydrogens (tertiary/aromatic N) is 1. The number of hydrogen-bond acceptors (Lipinski definition) is 5. The fourth-order valence-corrected chi connectivity index (χ4v) is 4.02. The van der Waals surface area contributed by atoms with Crippen molar-refractivity contribution in [2.75, 3.05) is 43.1 Å². The number of carboxylic acid groups (broad SMARTS) is 1. The van der Waals surface area contributed by atoms with E-state index < -0.39 is 18.0 Å². The molecule has 0 aromatic heterocycles. The highest BCUT2D eigenvalue weighted by Crippen LogP contribution is 2.25. The maximum absolute atomic E-state index is 13.3. The lowest BCUT2D eigenvalue weighted by molar-refractivity contribution is -0.118. The van der Waals surface area contributed by atoms with E-state index in [1.54, 1.807) is 30.3 Å². The third kappa shape index (κ3) is 9.90. The second-order valence-electron chi connectivity index (χ2n) is 11.0. The van der Waals surface area contributed by atoms with E-state index in [-0.39, 0.29) is 17.0 Å². The standard InChI is InChI=1S/C32H39N5O4/c1-32(2,3)24-15-17-25(18-16-24)34-30(39)29(33-20-21-37(4)5)23-13-10-22(11-14-23)12-19-28(38)35-26-8-6-7-9-27(26)36-31(40)41/h6-19,29,33,36H,20-21H2,1-5H3,(H,34,39)(H,35,38)(H,40,41)/b19-12+. The Labute approximate surface area is 241 Å². The quantitative estimate of drug-likeness (QED) is 0.197. The molecule has 0 saturated heterocycles. The summed E-state index contributed by atoms with van der Waals surface area (Å²) in [5.74, 6) is -0.572. The fraction of sp³-hybridized carbons (Fsp3) is 0.281. The summed E-state index contributed by atoms with van der Waals surface area (Å²) < 4.78 is 0. The number of carbonyl (C=O) groups excluding carboxylic acids is 2. The molecule has 0 saturated carbocycles. The number of para-hydroxylation sites is 2. The van der Waals surface area contributed by atoms with Crippen LogP contribution in [0.2, 0.25) is 0 Å². The normalized spacial score (nSPS) is 12.2. The van der Waals surface area contributed by atoms with Gasteiger partial charge in [0.25, 0.3) is 0 Å². The van der Waals surface area contributed by atoms with E-state index in [0.29, 0.717) is 12.2 Å². The van der Waals surface area contributed by atoms with Gasteiger partial charge >= 0.3 is 6.09 Å². The molecule has 3 aromatic rings. The molecule has 0 radical (unpaired) electrons. The fourth-order valence-electron chi connectivity index (χ4n) is 4.02. The molecule has 0 spiro atoms. The molecule has 0 aliphatic carbocycles. The van der Waals surface area contributed by atoms with E-state index in [4.69, 9.17) is 5.11 Å². The summed E-state index contributed by atoms with van der Waals surface area (Å²) in [7, 11) is 3.96. The van der Waals surface area contributed by atoms with Crippen molar-refractivity contribution >= 4 is 41.0 Å². The summed E-state index contributed by atoms with van der Waals surface area (Å²) in [5.41, 5.74) is 4.14. The highest BCUT2D eigenvalue weighted by molar-refractivity contribution is 6.04. The van der Waals surface area contributed by atoms with Crippen molar-refractivity contribution in [1.29, 1.82) is 0 Å². The van der Waals surface area contributed by atoms with E-state index in [1.807, 2.05) is 67.5 Å². The Bertz CT molecular complexity index is 1360. The average molecular weight is 558 g/mol. The lowest BCUT2D eigenvalue weighted by Crippen LogP contribution is -2.36. The molecule has 41 heavy (non-hydrogen) atoms. The molecule has 0 heterocycles. The zero-order valence-corrected chi connectivity index (χ0v) is 24.2. The summed E-state index contributed by atoms with van der Waals surface area (Å²) in [6, 6.07) is 21.3. The predicted molar refractivity (Wildman–Crippen MR) is 165 cm³/mol. The molecular weight excluding hydrogens is 518 g/mol. The van der Waals surface area contributed by atoms with Crippen LogP contribution >= 0.6 is 0 Å². The zero-order chi connectivity index (χ0) is 30.0. The maximum Gasteiger partial charge on any atom is 0.409 e. The Morgan fingerprint density at radius 1 is 0.854 bits per heavy atom. The van der Waals surface area contributed by atoms with Crippen LogP contribution in [0.4, 0.5) is 21.9 Å². The number of carbonyl (C=O) groups is 3. The van der Waals surface area contributed by atoms with Crippen LogP contribution in [0.1, 0.15) is 43.5 Å². The van der Waals surface area contributed by atoms with Crippen molar-refractivity contribution < 1.29 is 19.5 Å². The first-order valence-electron chi connectivity index (χ1n) is 13.4. The number of likely N-dealkylation sites (N-methyl/N-ethyl adjacent to an activating group) is 1. The summed E-state index contributed by atoms with van der Waals surface area (Å²) in [6.45, 7) is 7.83. The molecular formula is C32H39N5O4. The third-order valence-corrected chi connectivity index (χ3v) is 6.31. The Morgan fingerprint density at radius 2 is 1.46 bits per heavy atom. The Balaban J connectivity index is 1.70. The molecule has 1 unspecified atom stereocenters.